The van der Waals surface area contributed by atoms with E-state index in [-0.39, 0.29) is 11.8 Å². The van der Waals surface area contributed by atoms with Crippen LogP contribution in [0, 0.1) is 0 Å². The number of fused-ring (bicyclic) bond motifs is 9. The highest BCUT2D eigenvalue weighted by Gasteiger charge is 2.38. The number of carbonyl (C=O) groups excluding carboxylic acids is 2. The fraction of sp³-hybridized carbons (Fsp3) is 0.200. The molecule has 0 aliphatic carbocycles. The number of para-hydroxylation sites is 2. The Morgan fingerprint density at radius 1 is 0.906 bits per heavy atom. The van der Waals surface area contributed by atoms with Gasteiger partial charge in [0, 0.05) is 40.7 Å². The number of nitrogens with one attached hydrogen (secondary N) is 1. The zero-order valence-corrected chi connectivity index (χ0v) is 17.3. The third-order valence-corrected chi connectivity index (χ3v) is 7.01. The second-order valence-electron chi connectivity index (χ2n) is 8.52. The molecule has 0 spiro atoms. The Balaban J connectivity index is 1.90. The molecule has 2 atom stereocenters. The lowest BCUT2D eigenvalue weighted by Crippen LogP contribution is -2.28. The van der Waals surface area contributed by atoms with E-state index in [1.807, 2.05) is 53.1 Å². The van der Waals surface area contributed by atoms with Crippen molar-refractivity contribution in [1.82, 2.24) is 14.5 Å². The first kappa shape index (κ1) is 17.9. The highest BCUT2D eigenvalue weighted by atomic mass is 16.5. The molecule has 0 saturated heterocycles. The number of nitrogens with zero attached hydrogens (tertiary/aromatic N) is 2. The summed E-state index contributed by atoms with van der Waals surface area (Å²) in [5, 5.41) is 16.9. The largest absolute Gasteiger partial charge is 0.388 e. The standard InChI is InChI=1S/C25H19N3O4/c1-32-25-16(29)10-11-27-14-8-4-2-6-12(14)17-19-20(24(31)26-23(19)30)18-13-7-3-5-9-15(13)28(25)22(18)21(17)27/h2-9,16,25,29H,10-11H2,1H3,(H,26,30,31). The summed E-state index contributed by atoms with van der Waals surface area (Å²) in [6.45, 7) is 0.565. The summed E-state index contributed by atoms with van der Waals surface area (Å²) in [5.74, 6) is -0.750. The lowest BCUT2D eigenvalue weighted by molar-refractivity contribution is -0.0581. The molecule has 2 aromatic heterocycles. The number of aliphatic hydroxyl groups excluding tert-OH is 1. The van der Waals surface area contributed by atoms with Gasteiger partial charge in [-0.25, -0.2) is 0 Å². The Kier molecular flexibility index (Phi) is 3.35. The van der Waals surface area contributed by atoms with Crippen LogP contribution >= 0.6 is 0 Å². The van der Waals surface area contributed by atoms with E-state index in [1.165, 1.54) is 0 Å². The number of methoxy groups -OCH3 is 1. The summed E-state index contributed by atoms with van der Waals surface area (Å²) in [6.07, 6.45) is -0.875. The van der Waals surface area contributed by atoms with Gasteiger partial charge in [-0.2, -0.15) is 0 Å². The molecule has 2 aliphatic rings. The van der Waals surface area contributed by atoms with Crippen LogP contribution in [0.5, 0.6) is 0 Å². The van der Waals surface area contributed by atoms with Crippen LogP contribution in [0.2, 0.25) is 0 Å². The minimum absolute atomic E-state index is 0.364. The van der Waals surface area contributed by atoms with Crippen molar-refractivity contribution in [3.63, 3.8) is 0 Å². The van der Waals surface area contributed by atoms with Gasteiger partial charge in [0.1, 0.15) is 6.10 Å². The topological polar surface area (TPSA) is 85.5 Å². The molecule has 0 bridgehead atoms. The van der Waals surface area contributed by atoms with Gasteiger partial charge in [0.15, 0.2) is 6.23 Å². The summed E-state index contributed by atoms with van der Waals surface area (Å²) in [5.41, 5.74) is 4.38. The smallest absolute Gasteiger partial charge is 0.259 e. The van der Waals surface area contributed by atoms with E-state index in [0.29, 0.717) is 24.1 Å². The lowest BCUT2D eigenvalue weighted by Gasteiger charge is -2.28. The van der Waals surface area contributed by atoms with E-state index in [4.69, 9.17) is 4.74 Å². The van der Waals surface area contributed by atoms with Gasteiger partial charge in [0.2, 0.25) is 0 Å². The van der Waals surface area contributed by atoms with Gasteiger partial charge in [0.25, 0.3) is 11.8 Å². The summed E-state index contributed by atoms with van der Waals surface area (Å²) in [7, 11) is 1.59. The third kappa shape index (κ3) is 1.94. The molecule has 0 saturated carbocycles. The highest BCUT2D eigenvalue weighted by Crippen LogP contribution is 2.47. The van der Waals surface area contributed by atoms with Crippen molar-refractivity contribution < 1.29 is 19.4 Å². The molecule has 7 rings (SSSR count). The van der Waals surface area contributed by atoms with Crippen molar-refractivity contribution in [2.75, 3.05) is 7.11 Å². The average Bonchev–Trinajstić information content (AvgIpc) is 3.40. The van der Waals surface area contributed by atoms with Gasteiger partial charge < -0.3 is 19.0 Å². The molecule has 7 nitrogen and oxygen atoms in total. The van der Waals surface area contributed by atoms with Crippen LogP contribution in [0.4, 0.5) is 0 Å². The number of hydrogen-bond acceptors (Lipinski definition) is 4. The first-order valence-electron chi connectivity index (χ1n) is 10.7. The molecule has 4 heterocycles. The van der Waals surface area contributed by atoms with Crippen molar-refractivity contribution >= 4 is 55.4 Å². The van der Waals surface area contributed by atoms with Crippen LogP contribution in [0.3, 0.4) is 0 Å². The average molecular weight is 425 g/mol. The second-order valence-corrected chi connectivity index (χ2v) is 8.52. The van der Waals surface area contributed by atoms with Crippen LogP contribution < -0.4 is 5.32 Å². The summed E-state index contributed by atoms with van der Waals surface area (Å²) in [4.78, 5) is 26.1. The van der Waals surface area contributed by atoms with Crippen LogP contribution in [-0.4, -0.2) is 39.3 Å². The number of benzene rings is 3. The van der Waals surface area contributed by atoms with E-state index in [0.717, 1.165) is 43.6 Å². The Morgan fingerprint density at radius 2 is 1.50 bits per heavy atom. The molecule has 5 aromatic rings. The number of ether oxygens (including phenoxy) is 1. The maximum Gasteiger partial charge on any atom is 0.259 e. The van der Waals surface area contributed by atoms with E-state index in [9.17, 15) is 14.7 Å². The molecule has 7 heteroatoms. The van der Waals surface area contributed by atoms with Crippen LogP contribution in [-0.2, 0) is 11.3 Å². The number of amides is 2. The quantitative estimate of drug-likeness (QED) is 0.401. The number of aliphatic hydroxyl groups is 1. The SMILES string of the molecule is COC1C(O)CCn2c3ccccc3c3c4c(c5c6ccccc6n1c5c32)C(=O)NC4=O. The fourth-order valence-corrected chi connectivity index (χ4v) is 5.82. The zero-order valence-electron chi connectivity index (χ0n) is 17.3. The van der Waals surface area contributed by atoms with Crippen LogP contribution in [0.1, 0.15) is 33.4 Å². The maximum atomic E-state index is 13.1. The third-order valence-electron chi connectivity index (χ3n) is 7.01. The molecule has 158 valence electrons. The number of aryl methyl sites for hydroxylation is 1. The first-order valence-corrected chi connectivity index (χ1v) is 10.7. The summed E-state index contributed by atoms with van der Waals surface area (Å²) in [6, 6.07) is 15.7. The van der Waals surface area contributed by atoms with E-state index in [1.54, 1.807) is 7.11 Å². The first-order chi connectivity index (χ1) is 15.6. The monoisotopic (exact) mass is 425 g/mol. The van der Waals surface area contributed by atoms with Gasteiger partial charge in [0.05, 0.1) is 27.7 Å². The fourth-order valence-electron chi connectivity index (χ4n) is 5.82. The highest BCUT2D eigenvalue weighted by molar-refractivity contribution is 6.39. The summed E-state index contributed by atoms with van der Waals surface area (Å²) < 4.78 is 10.00. The van der Waals surface area contributed by atoms with E-state index in [2.05, 4.69) is 9.88 Å². The molecule has 2 N–H and O–H groups in total. The van der Waals surface area contributed by atoms with Gasteiger partial charge in [-0.05, 0) is 18.6 Å². The number of carbonyl (C=O) groups is 2. The molecular weight excluding hydrogens is 406 g/mol. The molecule has 0 radical (unpaired) electrons. The Hall–Kier alpha value is -3.68. The van der Waals surface area contributed by atoms with Crippen molar-refractivity contribution in [2.45, 2.75) is 25.3 Å². The van der Waals surface area contributed by atoms with Gasteiger partial charge >= 0.3 is 0 Å². The van der Waals surface area contributed by atoms with Crippen LogP contribution in [0.15, 0.2) is 48.5 Å². The van der Waals surface area contributed by atoms with E-state index < -0.39 is 12.3 Å². The van der Waals surface area contributed by atoms with Gasteiger partial charge in [-0.1, -0.05) is 36.4 Å². The van der Waals surface area contributed by atoms with Crippen LogP contribution in [0.25, 0.3) is 43.6 Å². The minimum atomic E-state index is -0.743. The van der Waals surface area contributed by atoms with E-state index >= 15 is 0 Å². The molecule has 32 heavy (non-hydrogen) atoms. The molecule has 3 aromatic carbocycles. The lowest BCUT2D eigenvalue weighted by atomic mass is 9.96. The molecular formula is C25H19N3O4. The minimum Gasteiger partial charge on any atom is -0.388 e. The van der Waals surface area contributed by atoms with Gasteiger partial charge in [-0.3, -0.25) is 14.9 Å². The van der Waals surface area contributed by atoms with Gasteiger partial charge in [-0.15, -0.1) is 0 Å². The molecule has 2 unspecified atom stereocenters. The normalized spacial score (nSPS) is 20.4. The predicted molar refractivity (Wildman–Crippen MR) is 121 cm³/mol. The zero-order chi connectivity index (χ0) is 21.7. The Morgan fingerprint density at radius 3 is 2.19 bits per heavy atom. The molecule has 0 fully saturated rings. The second kappa shape index (κ2) is 5.97. The number of rotatable bonds is 1. The maximum absolute atomic E-state index is 13.1. The van der Waals surface area contributed by atoms with Crippen molar-refractivity contribution in [2.24, 2.45) is 0 Å². The Bertz CT molecular complexity index is 1660. The molecule has 2 aliphatic heterocycles. The molecule has 2 amide bonds. The summed E-state index contributed by atoms with van der Waals surface area (Å²) >= 11 is 0. The van der Waals surface area contributed by atoms with Crippen molar-refractivity contribution in [1.29, 1.82) is 0 Å². The number of aromatic nitrogens is 2. The Labute approximate surface area is 181 Å². The van der Waals surface area contributed by atoms with Crippen molar-refractivity contribution in [3.8, 4) is 0 Å². The van der Waals surface area contributed by atoms with Crippen molar-refractivity contribution in [3.05, 3.63) is 59.7 Å². The predicted octanol–water partition coefficient (Wildman–Crippen LogP) is 3.70. The number of hydrogen-bond donors (Lipinski definition) is 2. The number of imide groups is 1.